The number of hydrogen-bond acceptors (Lipinski definition) is 4. The molecule has 24 heavy (non-hydrogen) atoms. The Balaban J connectivity index is 0. The Morgan fingerprint density at radius 1 is 1.00 bits per heavy atom. The molecular formula is C17H40IN5O. The van der Waals surface area contributed by atoms with Gasteiger partial charge in [-0.1, -0.05) is 0 Å². The number of halogens is 1. The second kappa shape index (κ2) is 16.4. The lowest BCUT2D eigenvalue weighted by molar-refractivity contribution is 0.162. The van der Waals surface area contributed by atoms with Crippen LogP contribution in [0.2, 0.25) is 0 Å². The van der Waals surface area contributed by atoms with Crippen LogP contribution in [0.4, 0.5) is 0 Å². The summed E-state index contributed by atoms with van der Waals surface area (Å²) in [5.41, 5.74) is 0. The van der Waals surface area contributed by atoms with Crippen LogP contribution in [0.5, 0.6) is 0 Å². The smallest absolute Gasteiger partial charge is 0.191 e. The first kappa shape index (κ1) is 26.1. The number of likely N-dealkylation sites (N-methyl/N-ethyl adjacent to an activating group) is 1. The standard InChI is InChI=1S/C17H39N5O.HI/c1-15(2)22(16(3)4)11-8-9-19-17(18-5)20-10-12-21(6)13-14-23-7;/h15-16H,8-14H2,1-7H3,(H2,18,19,20);1H. The van der Waals surface area contributed by atoms with E-state index in [1.165, 1.54) is 0 Å². The van der Waals surface area contributed by atoms with Gasteiger partial charge in [-0.2, -0.15) is 0 Å². The Bertz CT molecular complexity index is 305. The largest absolute Gasteiger partial charge is 0.383 e. The van der Waals surface area contributed by atoms with Crippen LogP contribution in [0.15, 0.2) is 4.99 Å². The third-order valence-electron chi connectivity index (χ3n) is 3.90. The zero-order valence-corrected chi connectivity index (χ0v) is 19.1. The van der Waals surface area contributed by atoms with Gasteiger partial charge in [-0.15, -0.1) is 24.0 Å². The predicted molar refractivity (Wildman–Crippen MR) is 116 cm³/mol. The average Bonchev–Trinajstić information content (AvgIpc) is 2.50. The molecule has 0 fully saturated rings. The number of aliphatic imine (C=N–C) groups is 1. The van der Waals surface area contributed by atoms with Crippen LogP contribution in [-0.2, 0) is 4.74 Å². The van der Waals surface area contributed by atoms with E-state index in [9.17, 15) is 0 Å². The van der Waals surface area contributed by atoms with E-state index in [0.717, 1.165) is 51.7 Å². The Kier molecular flexibility index (Phi) is 17.8. The predicted octanol–water partition coefficient (Wildman–Crippen LogP) is 1.86. The number of guanidine groups is 1. The molecule has 0 bridgehead atoms. The highest BCUT2D eigenvalue weighted by molar-refractivity contribution is 14.0. The molecule has 0 radical (unpaired) electrons. The number of rotatable bonds is 12. The van der Waals surface area contributed by atoms with Gasteiger partial charge in [0.25, 0.3) is 0 Å². The highest BCUT2D eigenvalue weighted by atomic mass is 127. The maximum Gasteiger partial charge on any atom is 0.191 e. The molecule has 2 N–H and O–H groups in total. The topological polar surface area (TPSA) is 52.1 Å². The zero-order valence-electron chi connectivity index (χ0n) is 16.8. The van der Waals surface area contributed by atoms with E-state index in [4.69, 9.17) is 4.74 Å². The van der Waals surface area contributed by atoms with Crippen molar-refractivity contribution in [3.63, 3.8) is 0 Å². The van der Waals surface area contributed by atoms with Crippen LogP contribution < -0.4 is 10.6 Å². The second-order valence-corrected chi connectivity index (χ2v) is 6.50. The van der Waals surface area contributed by atoms with Crippen molar-refractivity contribution in [2.75, 3.05) is 60.5 Å². The summed E-state index contributed by atoms with van der Waals surface area (Å²) in [5, 5.41) is 6.74. The molecule has 0 rings (SSSR count). The van der Waals surface area contributed by atoms with E-state index in [0.29, 0.717) is 12.1 Å². The summed E-state index contributed by atoms with van der Waals surface area (Å²) in [7, 11) is 5.65. The Hall–Kier alpha value is -0.120. The quantitative estimate of drug-likeness (QED) is 0.203. The highest BCUT2D eigenvalue weighted by Gasteiger charge is 2.12. The number of ether oxygens (including phenoxy) is 1. The third-order valence-corrected chi connectivity index (χ3v) is 3.90. The monoisotopic (exact) mass is 457 g/mol. The molecule has 0 amide bonds. The fraction of sp³-hybridized carbons (Fsp3) is 0.941. The summed E-state index contributed by atoms with van der Waals surface area (Å²) in [6.07, 6.45) is 1.12. The fourth-order valence-electron chi connectivity index (χ4n) is 2.53. The van der Waals surface area contributed by atoms with Gasteiger partial charge in [0.2, 0.25) is 0 Å². The number of nitrogens with one attached hydrogen (secondary N) is 2. The van der Waals surface area contributed by atoms with Gasteiger partial charge in [0, 0.05) is 59.0 Å². The van der Waals surface area contributed by atoms with Crippen LogP contribution >= 0.6 is 24.0 Å². The number of nitrogens with zero attached hydrogens (tertiary/aromatic N) is 3. The average molecular weight is 457 g/mol. The minimum atomic E-state index is 0. The molecule has 0 saturated carbocycles. The molecule has 0 heterocycles. The van der Waals surface area contributed by atoms with Gasteiger partial charge in [0.1, 0.15) is 0 Å². The first-order valence-corrected chi connectivity index (χ1v) is 8.80. The summed E-state index contributed by atoms with van der Waals surface area (Å²) < 4.78 is 5.08. The first-order valence-electron chi connectivity index (χ1n) is 8.80. The first-order chi connectivity index (χ1) is 10.9. The van der Waals surface area contributed by atoms with Crippen LogP contribution in [-0.4, -0.2) is 88.4 Å². The summed E-state index contributed by atoms with van der Waals surface area (Å²) in [6.45, 7) is 14.6. The molecule has 0 saturated heterocycles. The molecule has 146 valence electrons. The van der Waals surface area contributed by atoms with Gasteiger partial charge >= 0.3 is 0 Å². The van der Waals surface area contributed by atoms with Crippen molar-refractivity contribution < 1.29 is 4.74 Å². The van der Waals surface area contributed by atoms with Crippen molar-refractivity contribution in [1.29, 1.82) is 0 Å². The molecule has 0 unspecified atom stereocenters. The normalized spacial score (nSPS) is 12.2. The fourth-order valence-corrected chi connectivity index (χ4v) is 2.53. The van der Waals surface area contributed by atoms with Crippen molar-refractivity contribution in [2.45, 2.75) is 46.2 Å². The summed E-state index contributed by atoms with van der Waals surface area (Å²) in [6, 6.07) is 1.19. The molecule has 0 aromatic heterocycles. The number of methoxy groups -OCH3 is 1. The summed E-state index contributed by atoms with van der Waals surface area (Å²) in [4.78, 5) is 9.03. The lowest BCUT2D eigenvalue weighted by atomic mass is 10.2. The molecule has 6 nitrogen and oxygen atoms in total. The van der Waals surface area contributed by atoms with E-state index < -0.39 is 0 Å². The van der Waals surface area contributed by atoms with Gasteiger partial charge in [0.05, 0.1) is 6.61 Å². The van der Waals surface area contributed by atoms with E-state index in [-0.39, 0.29) is 24.0 Å². The lowest BCUT2D eigenvalue weighted by Crippen LogP contribution is -2.43. The van der Waals surface area contributed by atoms with E-state index >= 15 is 0 Å². The molecule has 0 spiro atoms. The maximum absolute atomic E-state index is 5.08. The highest BCUT2D eigenvalue weighted by Crippen LogP contribution is 2.05. The van der Waals surface area contributed by atoms with Crippen molar-refractivity contribution in [2.24, 2.45) is 4.99 Å². The molecule has 0 aromatic rings. The molecule has 0 aliphatic rings. The van der Waals surface area contributed by atoms with E-state index in [2.05, 4.69) is 60.2 Å². The Labute approximate surface area is 166 Å². The molecule has 0 aliphatic heterocycles. The van der Waals surface area contributed by atoms with Gasteiger partial charge < -0.3 is 20.3 Å². The van der Waals surface area contributed by atoms with Crippen LogP contribution in [0, 0.1) is 0 Å². The Morgan fingerprint density at radius 3 is 2.08 bits per heavy atom. The minimum Gasteiger partial charge on any atom is -0.383 e. The Morgan fingerprint density at radius 2 is 1.58 bits per heavy atom. The zero-order chi connectivity index (χ0) is 17.7. The number of hydrogen-bond donors (Lipinski definition) is 2. The van der Waals surface area contributed by atoms with Crippen molar-refractivity contribution in [1.82, 2.24) is 20.4 Å². The van der Waals surface area contributed by atoms with Gasteiger partial charge in [-0.25, -0.2) is 0 Å². The second-order valence-electron chi connectivity index (χ2n) is 6.50. The summed E-state index contributed by atoms with van der Waals surface area (Å²) in [5.74, 6) is 0.880. The molecule has 0 aliphatic carbocycles. The summed E-state index contributed by atoms with van der Waals surface area (Å²) >= 11 is 0. The van der Waals surface area contributed by atoms with E-state index in [1.807, 2.05) is 7.05 Å². The van der Waals surface area contributed by atoms with Crippen molar-refractivity contribution in [3.05, 3.63) is 0 Å². The molecular weight excluding hydrogens is 417 g/mol. The molecule has 0 atom stereocenters. The third kappa shape index (κ3) is 13.2. The van der Waals surface area contributed by atoms with E-state index in [1.54, 1.807) is 7.11 Å². The van der Waals surface area contributed by atoms with Crippen LogP contribution in [0.1, 0.15) is 34.1 Å². The molecule has 7 heteroatoms. The molecule has 0 aromatic carbocycles. The lowest BCUT2D eigenvalue weighted by Gasteiger charge is -2.30. The van der Waals surface area contributed by atoms with Gasteiger partial charge in [-0.05, 0) is 41.2 Å². The van der Waals surface area contributed by atoms with Gasteiger partial charge in [0.15, 0.2) is 5.96 Å². The minimum absolute atomic E-state index is 0. The SMILES string of the molecule is CN=C(NCCCN(C(C)C)C(C)C)NCCN(C)CCOC.I. The van der Waals surface area contributed by atoms with Crippen LogP contribution in [0.3, 0.4) is 0 Å². The maximum atomic E-state index is 5.08. The van der Waals surface area contributed by atoms with Crippen molar-refractivity contribution in [3.8, 4) is 0 Å². The van der Waals surface area contributed by atoms with Gasteiger partial charge in [-0.3, -0.25) is 9.89 Å². The van der Waals surface area contributed by atoms with Crippen molar-refractivity contribution >= 4 is 29.9 Å². The van der Waals surface area contributed by atoms with Crippen LogP contribution in [0.25, 0.3) is 0 Å².